The largest absolute Gasteiger partial charge is 0.497 e. The number of rotatable bonds is 4. The van der Waals surface area contributed by atoms with Crippen molar-refractivity contribution in [3.63, 3.8) is 0 Å². The van der Waals surface area contributed by atoms with Crippen LogP contribution in [0.25, 0.3) is 0 Å². The summed E-state index contributed by atoms with van der Waals surface area (Å²) in [5.41, 5.74) is -1.27. The molecule has 13 heteroatoms. The predicted octanol–water partition coefficient (Wildman–Crippen LogP) is 6.48. The minimum absolute atomic E-state index is 0.0697. The highest BCUT2D eigenvalue weighted by atomic mass is 35.5. The van der Waals surface area contributed by atoms with E-state index in [-0.39, 0.29) is 16.5 Å². The Kier molecular flexibility index (Phi) is 6.34. The summed E-state index contributed by atoms with van der Waals surface area (Å²) < 4.78 is 86.3. The number of nitrogens with zero attached hydrogens (tertiary/aromatic N) is 2. The molecule has 2 aromatic carbocycles. The van der Waals surface area contributed by atoms with Crippen molar-refractivity contribution in [3.8, 4) is 5.75 Å². The Bertz CT molecular complexity index is 1240. The van der Waals surface area contributed by atoms with Crippen molar-refractivity contribution in [1.29, 1.82) is 0 Å². The summed E-state index contributed by atoms with van der Waals surface area (Å²) in [5, 5.41) is 8.73. The molecule has 1 aliphatic rings. The van der Waals surface area contributed by atoms with Crippen molar-refractivity contribution in [1.82, 2.24) is 9.78 Å². The number of hydrogen-bond donors (Lipinski definition) is 2. The Morgan fingerprint density at radius 2 is 1.80 bits per heavy atom. The van der Waals surface area contributed by atoms with Gasteiger partial charge in [0.25, 0.3) is 5.91 Å². The van der Waals surface area contributed by atoms with E-state index in [1.54, 1.807) is 24.3 Å². The molecule has 2 N–H and O–H groups in total. The standard InChI is InChI=1S/C22H17ClF6N4O2/c1-35-13-5-2-11(3-6-13)15-9-18(22(27,28)29)33-19(30-15)10-17(32-33)20(34)31-16-8-12(21(24,25)26)4-7-14(16)23/h2-8,10,15,18,30H,9H2,1H3,(H,31,34)/t15-,18+/m1/s1. The number of halogens is 7. The van der Waals surface area contributed by atoms with Gasteiger partial charge in [-0.15, -0.1) is 0 Å². The Morgan fingerprint density at radius 3 is 2.40 bits per heavy atom. The number of hydrogen-bond acceptors (Lipinski definition) is 4. The average molecular weight is 519 g/mol. The summed E-state index contributed by atoms with van der Waals surface area (Å²) in [7, 11) is 1.46. The lowest BCUT2D eigenvalue weighted by atomic mass is 9.97. The molecular formula is C22H17ClF6N4O2. The smallest absolute Gasteiger partial charge is 0.416 e. The summed E-state index contributed by atoms with van der Waals surface area (Å²) >= 11 is 5.89. The number of aromatic nitrogens is 2. The van der Waals surface area contributed by atoms with Crippen molar-refractivity contribution in [3.05, 3.63) is 70.4 Å². The Balaban J connectivity index is 1.63. The lowest BCUT2D eigenvalue weighted by Crippen LogP contribution is -2.35. The van der Waals surface area contributed by atoms with Crippen molar-refractivity contribution >= 4 is 29.0 Å². The molecule has 35 heavy (non-hydrogen) atoms. The molecule has 0 bridgehead atoms. The fraction of sp³-hybridized carbons (Fsp3) is 0.273. The molecule has 1 aromatic heterocycles. The zero-order chi connectivity index (χ0) is 25.5. The minimum atomic E-state index is -4.68. The molecule has 3 aromatic rings. The van der Waals surface area contributed by atoms with E-state index in [0.717, 1.165) is 18.2 Å². The molecule has 1 amide bonds. The van der Waals surface area contributed by atoms with Crippen LogP contribution in [0.1, 0.15) is 40.1 Å². The van der Waals surface area contributed by atoms with Crippen molar-refractivity contribution in [2.75, 3.05) is 17.7 Å². The molecule has 2 atom stereocenters. The van der Waals surface area contributed by atoms with Crippen molar-refractivity contribution < 1.29 is 35.9 Å². The van der Waals surface area contributed by atoms with Crippen LogP contribution in [0.5, 0.6) is 5.75 Å². The lowest BCUT2D eigenvalue weighted by Gasteiger charge is -2.33. The van der Waals surface area contributed by atoms with Crippen molar-refractivity contribution in [2.24, 2.45) is 0 Å². The van der Waals surface area contributed by atoms with Gasteiger partial charge in [0.1, 0.15) is 11.6 Å². The second kappa shape index (κ2) is 8.99. The zero-order valence-electron chi connectivity index (χ0n) is 17.8. The first-order chi connectivity index (χ1) is 16.4. The second-order valence-electron chi connectivity index (χ2n) is 7.77. The fourth-order valence-electron chi connectivity index (χ4n) is 3.72. The van der Waals surface area contributed by atoms with Crippen LogP contribution in [0.4, 0.5) is 37.8 Å². The van der Waals surface area contributed by atoms with Crippen LogP contribution in [-0.4, -0.2) is 29.0 Å². The fourth-order valence-corrected chi connectivity index (χ4v) is 3.89. The van der Waals surface area contributed by atoms with E-state index in [2.05, 4.69) is 15.7 Å². The van der Waals surface area contributed by atoms with E-state index in [1.165, 1.54) is 7.11 Å². The summed E-state index contributed by atoms with van der Waals surface area (Å²) in [4.78, 5) is 12.7. The second-order valence-corrected chi connectivity index (χ2v) is 8.18. The van der Waals surface area contributed by atoms with Crippen LogP contribution in [0.15, 0.2) is 48.5 Å². The molecular weight excluding hydrogens is 502 g/mol. The molecule has 6 nitrogen and oxygen atoms in total. The van der Waals surface area contributed by atoms with Gasteiger partial charge in [-0.2, -0.15) is 31.4 Å². The Hall–Kier alpha value is -3.41. The van der Waals surface area contributed by atoms with Crippen LogP contribution >= 0.6 is 11.6 Å². The molecule has 0 unspecified atom stereocenters. The van der Waals surface area contributed by atoms with Gasteiger partial charge in [0.2, 0.25) is 0 Å². The third-order valence-corrected chi connectivity index (χ3v) is 5.81. The summed E-state index contributed by atoms with van der Waals surface area (Å²) in [6, 6.07) is 7.13. The van der Waals surface area contributed by atoms with Gasteiger partial charge < -0.3 is 15.4 Å². The average Bonchev–Trinajstić information content (AvgIpc) is 3.23. The first-order valence-electron chi connectivity index (χ1n) is 10.1. The van der Waals surface area contributed by atoms with Gasteiger partial charge in [-0.05, 0) is 35.9 Å². The maximum Gasteiger partial charge on any atom is 0.416 e. The number of anilines is 2. The van der Waals surface area contributed by atoms with E-state index < -0.39 is 48.0 Å². The summed E-state index contributed by atoms with van der Waals surface area (Å²) in [6.45, 7) is 0. The molecule has 0 saturated carbocycles. The van der Waals surface area contributed by atoms with Crippen LogP contribution in [-0.2, 0) is 6.18 Å². The van der Waals surface area contributed by atoms with Crippen LogP contribution < -0.4 is 15.4 Å². The zero-order valence-corrected chi connectivity index (χ0v) is 18.6. The SMILES string of the molecule is COc1ccc([C@H]2C[C@@H](C(F)(F)F)n3nc(C(=O)Nc4cc(C(F)(F)F)ccc4Cl)cc3N2)cc1. The maximum atomic E-state index is 13.9. The van der Waals surface area contributed by atoms with Gasteiger partial charge in [-0.3, -0.25) is 4.79 Å². The third-order valence-electron chi connectivity index (χ3n) is 5.48. The topological polar surface area (TPSA) is 68.2 Å². The number of alkyl halides is 6. The maximum absolute atomic E-state index is 13.9. The molecule has 0 fully saturated rings. The number of ether oxygens (including phenoxy) is 1. The summed E-state index contributed by atoms with van der Waals surface area (Å²) in [6.07, 6.45) is -9.76. The number of fused-ring (bicyclic) bond motifs is 1. The minimum Gasteiger partial charge on any atom is -0.497 e. The quantitative estimate of drug-likeness (QED) is 0.388. The molecule has 186 valence electrons. The van der Waals surface area contributed by atoms with E-state index >= 15 is 0 Å². The van der Waals surface area contributed by atoms with Crippen molar-refractivity contribution in [2.45, 2.75) is 30.9 Å². The monoisotopic (exact) mass is 518 g/mol. The third kappa shape index (κ3) is 5.16. The van der Waals surface area contributed by atoms with E-state index in [9.17, 15) is 31.1 Å². The molecule has 1 aliphatic heterocycles. The van der Waals surface area contributed by atoms with Gasteiger partial charge in [0.05, 0.1) is 29.4 Å². The molecule has 2 heterocycles. The highest BCUT2D eigenvalue weighted by molar-refractivity contribution is 6.33. The van der Waals surface area contributed by atoms with Gasteiger partial charge in [0, 0.05) is 12.5 Å². The Morgan fingerprint density at radius 1 is 1.11 bits per heavy atom. The number of carbonyl (C=O) groups is 1. The molecule has 0 saturated heterocycles. The molecule has 0 radical (unpaired) electrons. The van der Waals surface area contributed by atoms with Gasteiger partial charge >= 0.3 is 12.4 Å². The number of methoxy groups -OCH3 is 1. The van der Waals surface area contributed by atoms with Crippen LogP contribution in [0.2, 0.25) is 5.02 Å². The van der Waals surface area contributed by atoms with E-state index in [0.29, 0.717) is 22.1 Å². The van der Waals surface area contributed by atoms with E-state index in [4.69, 9.17) is 16.3 Å². The predicted molar refractivity (Wildman–Crippen MR) is 116 cm³/mol. The van der Waals surface area contributed by atoms with Gasteiger partial charge in [-0.25, -0.2) is 4.68 Å². The van der Waals surface area contributed by atoms with Gasteiger partial charge in [0.15, 0.2) is 11.7 Å². The van der Waals surface area contributed by atoms with E-state index in [1.807, 2.05) is 0 Å². The molecule has 4 rings (SSSR count). The molecule has 0 aliphatic carbocycles. The highest BCUT2D eigenvalue weighted by Crippen LogP contribution is 2.44. The summed E-state index contributed by atoms with van der Waals surface area (Å²) in [5.74, 6) is -0.550. The number of carbonyl (C=O) groups excluding carboxylic acids is 1. The van der Waals surface area contributed by atoms with Crippen LogP contribution in [0.3, 0.4) is 0 Å². The molecule has 0 spiro atoms. The normalized spacial score (nSPS) is 17.9. The number of amides is 1. The lowest BCUT2D eigenvalue weighted by molar-refractivity contribution is -0.173. The van der Waals surface area contributed by atoms with Crippen LogP contribution in [0, 0.1) is 0 Å². The first kappa shape index (κ1) is 24.7. The van der Waals surface area contributed by atoms with Gasteiger partial charge in [-0.1, -0.05) is 23.7 Å². The number of benzene rings is 2. The first-order valence-corrected chi connectivity index (χ1v) is 10.5. The number of nitrogens with one attached hydrogen (secondary N) is 2. The Labute approximate surface area is 199 Å². The highest BCUT2D eigenvalue weighted by Gasteiger charge is 2.47.